The second kappa shape index (κ2) is 7.76. The van der Waals surface area contributed by atoms with Crippen molar-refractivity contribution in [3.63, 3.8) is 0 Å². The molecule has 3 heteroatoms. The van der Waals surface area contributed by atoms with Crippen molar-refractivity contribution in [2.75, 3.05) is 18.0 Å². The van der Waals surface area contributed by atoms with Gasteiger partial charge in [0.1, 0.15) is 0 Å². The molecule has 1 N–H and O–H groups in total. The van der Waals surface area contributed by atoms with E-state index in [1.54, 1.807) is 0 Å². The molecule has 1 aromatic carbocycles. The van der Waals surface area contributed by atoms with Gasteiger partial charge < -0.3 is 10.2 Å². The largest absolute Gasteiger partial charge is 0.369 e. The van der Waals surface area contributed by atoms with Gasteiger partial charge in [0.25, 0.3) is 0 Å². The van der Waals surface area contributed by atoms with Crippen LogP contribution >= 0.6 is 11.6 Å². The Morgan fingerprint density at radius 2 is 1.89 bits per heavy atom. The lowest BCUT2D eigenvalue weighted by atomic mass is 10.1. The van der Waals surface area contributed by atoms with Gasteiger partial charge >= 0.3 is 0 Å². The molecule has 0 heterocycles. The molecule has 0 atom stereocenters. The highest BCUT2D eigenvalue weighted by Crippen LogP contribution is 2.26. The van der Waals surface area contributed by atoms with Crippen LogP contribution in [0.3, 0.4) is 0 Å². The highest BCUT2D eigenvalue weighted by atomic mass is 35.5. The smallest absolute Gasteiger partial charge is 0.0415 e. The van der Waals surface area contributed by atoms with E-state index in [9.17, 15) is 0 Å². The molecule has 0 unspecified atom stereocenters. The van der Waals surface area contributed by atoms with Gasteiger partial charge in [0.2, 0.25) is 0 Å². The molecule has 0 aliphatic heterocycles. The van der Waals surface area contributed by atoms with E-state index in [0.717, 1.165) is 24.7 Å². The van der Waals surface area contributed by atoms with Gasteiger partial charge in [-0.15, -0.1) is 0 Å². The van der Waals surface area contributed by atoms with Crippen LogP contribution in [0.25, 0.3) is 0 Å². The zero-order valence-electron chi connectivity index (χ0n) is 12.8. The highest BCUT2D eigenvalue weighted by molar-refractivity contribution is 6.30. The zero-order chi connectivity index (χ0) is 14.4. The first kappa shape index (κ1) is 16.3. The average molecular weight is 283 g/mol. The van der Waals surface area contributed by atoms with Crippen LogP contribution in [-0.2, 0) is 6.54 Å². The molecule has 0 radical (unpaired) electrons. The second-order valence-corrected chi connectivity index (χ2v) is 6.11. The van der Waals surface area contributed by atoms with Crippen molar-refractivity contribution in [3.8, 4) is 0 Å². The molecule has 0 amide bonds. The molecule has 1 rings (SSSR count). The summed E-state index contributed by atoms with van der Waals surface area (Å²) in [4.78, 5) is 2.41. The topological polar surface area (TPSA) is 15.3 Å². The summed E-state index contributed by atoms with van der Waals surface area (Å²) in [6, 6.07) is 6.69. The molecular weight excluding hydrogens is 256 g/mol. The lowest BCUT2D eigenvalue weighted by Gasteiger charge is -2.30. The molecule has 2 nitrogen and oxygen atoms in total. The fraction of sp³-hybridized carbons (Fsp3) is 0.625. The lowest BCUT2D eigenvalue weighted by Crippen LogP contribution is -2.32. The minimum atomic E-state index is 0.495. The van der Waals surface area contributed by atoms with Crippen LogP contribution in [0.4, 0.5) is 5.69 Å². The molecule has 0 saturated carbocycles. The minimum Gasteiger partial charge on any atom is -0.369 e. The SMILES string of the molecule is CCN(c1ccc(Cl)cc1CNCC(C)C)C(C)C. The van der Waals surface area contributed by atoms with Gasteiger partial charge in [-0.2, -0.15) is 0 Å². The van der Waals surface area contributed by atoms with Gasteiger partial charge in [0.15, 0.2) is 0 Å². The summed E-state index contributed by atoms with van der Waals surface area (Å²) in [7, 11) is 0. The van der Waals surface area contributed by atoms with E-state index in [1.165, 1.54) is 11.3 Å². The quantitative estimate of drug-likeness (QED) is 0.801. The summed E-state index contributed by atoms with van der Waals surface area (Å²) in [5.74, 6) is 0.662. The summed E-state index contributed by atoms with van der Waals surface area (Å²) in [6.45, 7) is 14.0. The van der Waals surface area contributed by atoms with E-state index in [1.807, 2.05) is 6.07 Å². The van der Waals surface area contributed by atoms with Gasteiger partial charge in [-0.25, -0.2) is 0 Å². The Bertz CT molecular complexity index is 388. The predicted octanol–water partition coefficient (Wildman–Crippen LogP) is 4.32. The van der Waals surface area contributed by atoms with E-state index in [2.05, 4.69) is 57.0 Å². The number of hydrogen-bond acceptors (Lipinski definition) is 2. The molecule has 0 bridgehead atoms. The van der Waals surface area contributed by atoms with E-state index < -0.39 is 0 Å². The van der Waals surface area contributed by atoms with Crippen LogP contribution in [0.1, 0.15) is 40.2 Å². The third kappa shape index (κ3) is 5.04. The molecule has 108 valence electrons. The average Bonchev–Trinajstić information content (AvgIpc) is 2.31. The Labute approximate surface area is 123 Å². The van der Waals surface area contributed by atoms with Crippen LogP contribution in [-0.4, -0.2) is 19.1 Å². The van der Waals surface area contributed by atoms with Crippen LogP contribution in [0.15, 0.2) is 18.2 Å². The van der Waals surface area contributed by atoms with Gasteiger partial charge in [0, 0.05) is 29.8 Å². The van der Waals surface area contributed by atoms with Crippen molar-refractivity contribution in [3.05, 3.63) is 28.8 Å². The minimum absolute atomic E-state index is 0.495. The number of rotatable bonds is 7. The number of nitrogens with one attached hydrogen (secondary N) is 1. The van der Waals surface area contributed by atoms with Crippen molar-refractivity contribution in [2.45, 2.75) is 47.2 Å². The Balaban J connectivity index is 2.90. The summed E-state index contributed by atoms with van der Waals surface area (Å²) < 4.78 is 0. The van der Waals surface area contributed by atoms with E-state index in [0.29, 0.717) is 12.0 Å². The standard InChI is InChI=1S/C16H27ClN2/c1-6-19(13(4)5)16-8-7-15(17)9-14(16)11-18-10-12(2)3/h7-9,12-13,18H,6,10-11H2,1-5H3. The van der Waals surface area contributed by atoms with Crippen LogP contribution in [0, 0.1) is 5.92 Å². The Kier molecular flexibility index (Phi) is 6.67. The molecule has 0 aliphatic rings. The maximum Gasteiger partial charge on any atom is 0.0415 e. The summed E-state index contributed by atoms with van der Waals surface area (Å²) >= 11 is 6.14. The monoisotopic (exact) mass is 282 g/mol. The summed E-state index contributed by atoms with van der Waals surface area (Å²) in [5, 5.41) is 4.31. The second-order valence-electron chi connectivity index (χ2n) is 5.68. The number of anilines is 1. The molecule has 0 spiro atoms. The molecule has 0 aromatic heterocycles. The highest BCUT2D eigenvalue weighted by Gasteiger charge is 2.13. The molecule has 0 aliphatic carbocycles. The zero-order valence-corrected chi connectivity index (χ0v) is 13.6. The van der Waals surface area contributed by atoms with E-state index in [-0.39, 0.29) is 0 Å². The number of hydrogen-bond donors (Lipinski definition) is 1. The first-order valence-corrected chi connectivity index (χ1v) is 7.59. The van der Waals surface area contributed by atoms with E-state index in [4.69, 9.17) is 11.6 Å². The number of halogens is 1. The fourth-order valence-corrected chi connectivity index (χ4v) is 2.48. The molecule has 0 fully saturated rings. The fourth-order valence-electron chi connectivity index (χ4n) is 2.29. The predicted molar refractivity (Wildman–Crippen MR) is 86.2 cm³/mol. The normalized spacial score (nSPS) is 11.4. The molecule has 0 saturated heterocycles. The number of nitrogens with zero attached hydrogens (tertiary/aromatic N) is 1. The maximum absolute atomic E-state index is 6.14. The van der Waals surface area contributed by atoms with Crippen molar-refractivity contribution in [1.29, 1.82) is 0 Å². The third-order valence-corrected chi connectivity index (χ3v) is 3.42. The van der Waals surface area contributed by atoms with Gasteiger partial charge in [-0.3, -0.25) is 0 Å². The van der Waals surface area contributed by atoms with Crippen molar-refractivity contribution in [2.24, 2.45) is 5.92 Å². The van der Waals surface area contributed by atoms with E-state index >= 15 is 0 Å². The van der Waals surface area contributed by atoms with Crippen molar-refractivity contribution >= 4 is 17.3 Å². The summed E-state index contributed by atoms with van der Waals surface area (Å²) in [6.07, 6.45) is 0. The Hall–Kier alpha value is -0.730. The Morgan fingerprint density at radius 3 is 2.42 bits per heavy atom. The van der Waals surface area contributed by atoms with Crippen molar-refractivity contribution in [1.82, 2.24) is 5.32 Å². The Morgan fingerprint density at radius 1 is 1.21 bits per heavy atom. The third-order valence-electron chi connectivity index (χ3n) is 3.18. The van der Waals surface area contributed by atoms with Gasteiger partial charge in [0.05, 0.1) is 0 Å². The first-order chi connectivity index (χ1) is 8.95. The molecular formula is C16H27ClN2. The first-order valence-electron chi connectivity index (χ1n) is 7.21. The lowest BCUT2D eigenvalue weighted by molar-refractivity contribution is 0.551. The molecule has 19 heavy (non-hydrogen) atoms. The van der Waals surface area contributed by atoms with Gasteiger partial charge in [-0.05, 0) is 57.0 Å². The molecule has 1 aromatic rings. The van der Waals surface area contributed by atoms with Crippen molar-refractivity contribution < 1.29 is 0 Å². The van der Waals surface area contributed by atoms with Crippen LogP contribution < -0.4 is 10.2 Å². The number of benzene rings is 1. The van der Waals surface area contributed by atoms with Crippen LogP contribution in [0.2, 0.25) is 5.02 Å². The van der Waals surface area contributed by atoms with Gasteiger partial charge in [-0.1, -0.05) is 25.4 Å². The maximum atomic E-state index is 6.14. The summed E-state index contributed by atoms with van der Waals surface area (Å²) in [5.41, 5.74) is 2.57. The van der Waals surface area contributed by atoms with Crippen LogP contribution in [0.5, 0.6) is 0 Å².